The Labute approximate surface area is 117 Å². The summed E-state index contributed by atoms with van der Waals surface area (Å²) in [5.74, 6) is 0. The van der Waals surface area contributed by atoms with Gasteiger partial charge in [-0.1, -0.05) is 35.9 Å². The third-order valence-corrected chi connectivity index (χ3v) is 3.66. The molecule has 1 heterocycles. The summed E-state index contributed by atoms with van der Waals surface area (Å²) in [7, 11) is 1.68. The summed E-state index contributed by atoms with van der Waals surface area (Å²) in [5, 5.41) is 6.26. The molecule has 0 saturated heterocycles. The SMILES string of the molecule is Cc1ccc2ccc(C)c(-c3ccnn(C)c3=O)c2c1. The van der Waals surface area contributed by atoms with Crippen LogP contribution in [-0.4, -0.2) is 9.78 Å². The lowest BCUT2D eigenvalue weighted by molar-refractivity contribution is 0.709. The Hall–Kier alpha value is -2.42. The summed E-state index contributed by atoms with van der Waals surface area (Å²) >= 11 is 0. The van der Waals surface area contributed by atoms with E-state index in [1.165, 1.54) is 10.2 Å². The average molecular weight is 264 g/mol. The first kappa shape index (κ1) is 12.6. The zero-order valence-electron chi connectivity index (χ0n) is 11.8. The van der Waals surface area contributed by atoms with E-state index in [0.717, 1.165) is 21.9 Å². The van der Waals surface area contributed by atoms with Crippen molar-refractivity contribution in [1.82, 2.24) is 9.78 Å². The highest BCUT2D eigenvalue weighted by Crippen LogP contribution is 2.30. The lowest BCUT2D eigenvalue weighted by Crippen LogP contribution is -2.20. The van der Waals surface area contributed by atoms with Crippen molar-refractivity contribution in [3.8, 4) is 11.1 Å². The first-order valence-corrected chi connectivity index (χ1v) is 6.60. The van der Waals surface area contributed by atoms with E-state index in [4.69, 9.17) is 0 Å². The Morgan fingerprint density at radius 3 is 2.60 bits per heavy atom. The van der Waals surface area contributed by atoms with E-state index in [1.807, 2.05) is 6.92 Å². The normalized spacial score (nSPS) is 10.9. The van der Waals surface area contributed by atoms with E-state index in [2.05, 4.69) is 42.4 Å². The molecule has 0 fully saturated rings. The van der Waals surface area contributed by atoms with Gasteiger partial charge in [0.25, 0.3) is 5.56 Å². The van der Waals surface area contributed by atoms with Gasteiger partial charge in [-0.25, -0.2) is 4.68 Å². The summed E-state index contributed by atoms with van der Waals surface area (Å²) < 4.78 is 1.38. The molecule has 2 aromatic carbocycles. The molecule has 3 heteroatoms. The highest BCUT2D eigenvalue weighted by atomic mass is 16.1. The molecule has 0 N–H and O–H groups in total. The van der Waals surface area contributed by atoms with Gasteiger partial charge in [-0.15, -0.1) is 0 Å². The van der Waals surface area contributed by atoms with Crippen LogP contribution in [0.1, 0.15) is 11.1 Å². The van der Waals surface area contributed by atoms with Crippen LogP contribution in [0.15, 0.2) is 47.4 Å². The number of benzene rings is 2. The van der Waals surface area contributed by atoms with Crippen molar-refractivity contribution in [2.45, 2.75) is 13.8 Å². The molecule has 0 aliphatic rings. The Morgan fingerprint density at radius 2 is 1.80 bits per heavy atom. The predicted molar refractivity (Wildman–Crippen MR) is 81.9 cm³/mol. The van der Waals surface area contributed by atoms with Gasteiger partial charge in [0, 0.05) is 13.2 Å². The minimum Gasteiger partial charge on any atom is -0.267 e. The molecule has 3 rings (SSSR count). The number of fused-ring (bicyclic) bond motifs is 1. The molecule has 0 saturated carbocycles. The lowest BCUT2D eigenvalue weighted by atomic mass is 9.94. The van der Waals surface area contributed by atoms with Gasteiger partial charge in [0.2, 0.25) is 0 Å². The molecule has 0 radical (unpaired) electrons. The fraction of sp³-hybridized carbons (Fsp3) is 0.176. The largest absolute Gasteiger partial charge is 0.274 e. The molecule has 1 aromatic heterocycles. The maximum absolute atomic E-state index is 12.4. The smallest absolute Gasteiger partial charge is 0.267 e. The van der Waals surface area contributed by atoms with Crippen molar-refractivity contribution < 1.29 is 0 Å². The van der Waals surface area contributed by atoms with Gasteiger partial charge in [0.1, 0.15) is 0 Å². The highest BCUT2D eigenvalue weighted by Gasteiger charge is 2.12. The first-order chi connectivity index (χ1) is 9.58. The maximum Gasteiger partial charge on any atom is 0.274 e. The Balaban J connectivity index is 2.46. The molecular weight excluding hydrogens is 248 g/mol. The van der Waals surface area contributed by atoms with Crippen LogP contribution < -0.4 is 5.56 Å². The number of aromatic nitrogens is 2. The van der Waals surface area contributed by atoms with Crippen LogP contribution in [-0.2, 0) is 7.05 Å². The van der Waals surface area contributed by atoms with E-state index >= 15 is 0 Å². The summed E-state index contributed by atoms with van der Waals surface area (Å²) in [6, 6.07) is 12.3. The lowest BCUT2D eigenvalue weighted by Gasteiger charge is -2.11. The number of hydrogen-bond acceptors (Lipinski definition) is 2. The van der Waals surface area contributed by atoms with Gasteiger partial charge in [0.05, 0.1) is 5.56 Å². The van der Waals surface area contributed by atoms with E-state index in [9.17, 15) is 4.79 Å². The molecule has 20 heavy (non-hydrogen) atoms. The van der Waals surface area contributed by atoms with Gasteiger partial charge in [0.15, 0.2) is 0 Å². The molecule has 0 spiro atoms. The van der Waals surface area contributed by atoms with Crippen LogP contribution in [0, 0.1) is 13.8 Å². The average Bonchev–Trinajstić information content (AvgIpc) is 2.42. The molecule has 100 valence electrons. The van der Waals surface area contributed by atoms with Gasteiger partial charge in [-0.05, 0) is 41.8 Å². The molecule has 3 aromatic rings. The molecule has 0 aliphatic heterocycles. The van der Waals surface area contributed by atoms with Gasteiger partial charge >= 0.3 is 0 Å². The van der Waals surface area contributed by atoms with Crippen LogP contribution in [0.2, 0.25) is 0 Å². The van der Waals surface area contributed by atoms with Gasteiger partial charge in [-0.3, -0.25) is 4.79 Å². The zero-order chi connectivity index (χ0) is 14.3. The van der Waals surface area contributed by atoms with E-state index < -0.39 is 0 Å². The Bertz CT molecular complexity index is 857. The number of nitrogens with zero attached hydrogens (tertiary/aromatic N) is 2. The van der Waals surface area contributed by atoms with E-state index in [1.54, 1.807) is 19.3 Å². The van der Waals surface area contributed by atoms with Crippen molar-refractivity contribution in [2.75, 3.05) is 0 Å². The predicted octanol–water partition coefficient (Wildman–Crippen LogP) is 3.22. The minimum atomic E-state index is -0.0652. The van der Waals surface area contributed by atoms with Crippen molar-refractivity contribution in [3.63, 3.8) is 0 Å². The number of aryl methyl sites for hydroxylation is 3. The van der Waals surface area contributed by atoms with Crippen molar-refractivity contribution >= 4 is 10.8 Å². The third-order valence-electron chi connectivity index (χ3n) is 3.66. The molecule has 3 nitrogen and oxygen atoms in total. The van der Waals surface area contributed by atoms with Crippen molar-refractivity contribution in [2.24, 2.45) is 7.05 Å². The second-order valence-corrected chi connectivity index (χ2v) is 5.16. The van der Waals surface area contributed by atoms with Crippen LogP contribution in [0.25, 0.3) is 21.9 Å². The second-order valence-electron chi connectivity index (χ2n) is 5.16. The van der Waals surface area contributed by atoms with Gasteiger partial charge < -0.3 is 0 Å². The number of rotatable bonds is 1. The van der Waals surface area contributed by atoms with E-state index in [-0.39, 0.29) is 5.56 Å². The summed E-state index contributed by atoms with van der Waals surface area (Å²) in [6.07, 6.45) is 1.67. The highest BCUT2D eigenvalue weighted by molar-refractivity contribution is 5.98. The molecule has 0 aliphatic carbocycles. The maximum atomic E-state index is 12.4. The molecule has 0 bridgehead atoms. The zero-order valence-corrected chi connectivity index (χ0v) is 11.8. The first-order valence-electron chi connectivity index (χ1n) is 6.60. The quantitative estimate of drug-likeness (QED) is 0.676. The van der Waals surface area contributed by atoms with Crippen LogP contribution in [0.4, 0.5) is 0 Å². The Morgan fingerprint density at radius 1 is 1.05 bits per heavy atom. The molecular formula is C17H16N2O. The standard InChI is InChI=1S/C17H16N2O/c1-11-4-6-13-7-5-12(2)16(15(13)10-11)14-8-9-18-19(3)17(14)20/h4-10H,1-3H3. The summed E-state index contributed by atoms with van der Waals surface area (Å²) in [4.78, 5) is 12.4. The monoisotopic (exact) mass is 264 g/mol. The van der Waals surface area contributed by atoms with E-state index in [0.29, 0.717) is 5.56 Å². The summed E-state index contributed by atoms with van der Waals surface area (Å²) in [5.41, 5.74) is 3.94. The molecule has 0 amide bonds. The minimum absolute atomic E-state index is 0.0652. The van der Waals surface area contributed by atoms with Crippen molar-refractivity contribution in [1.29, 1.82) is 0 Å². The number of hydrogen-bond donors (Lipinski definition) is 0. The third kappa shape index (κ3) is 1.92. The molecule has 0 unspecified atom stereocenters. The fourth-order valence-electron chi connectivity index (χ4n) is 2.60. The van der Waals surface area contributed by atoms with Crippen LogP contribution in [0.5, 0.6) is 0 Å². The van der Waals surface area contributed by atoms with Crippen LogP contribution >= 0.6 is 0 Å². The fourth-order valence-corrected chi connectivity index (χ4v) is 2.60. The Kier molecular flexibility index (Phi) is 2.90. The topological polar surface area (TPSA) is 34.9 Å². The van der Waals surface area contributed by atoms with Crippen molar-refractivity contribution in [3.05, 3.63) is 64.1 Å². The van der Waals surface area contributed by atoms with Gasteiger partial charge in [-0.2, -0.15) is 5.10 Å². The molecule has 0 atom stereocenters. The second kappa shape index (κ2) is 4.60. The summed E-state index contributed by atoms with van der Waals surface area (Å²) in [6.45, 7) is 4.10. The van der Waals surface area contributed by atoms with Crippen LogP contribution in [0.3, 0.4) is 0 Å².